The molecule has 0 bridgehead atoms. The number of pyridine rings is 1. The Morgan fingerprint density at radius 1 is 0.366 bits per heavy atom. The van der Waals surface area contributed by atoms with Crippen LogP contribution in [0.4, 0.5) is 39.9 Å². The van der Waals surface area contributed by atoms with Crippen LogP contribution in [-0.2, 0) is 6.42 Å². The molecule has 0 saturated heterocycles. The Kier molecular flexibility index (Phi) is 37.6. The number of imidazole rings is 1. The molecular weight excluding hydrogens is 1920 g/mol. The molecule has 16 rings (SSSR count). The molecule has 0 aliphatic heterocycles. The first-order valence-corrected chi connectivity index (χ1v) is 43.9. The molecule has 0 unspecified atom stereocenters. The summed E-state index contributed by atoms with van der Waals surface area (Å²) in [6, 6.07) is 73.2. The number of phenols is 7. The number of aromatic amines is 2. The number of hydrogen-bond donors (Lipinski definition) is 9. The largest absolute Gasteiger partial charge is 0.506 e. The number of H-pyrrole nitrogens is 2. The van der Waals surface area contributed by atoms with Crippen LogP contribution in [0.5, 0.6) is 46.0 Å². The molecule has 9 N–H and O–H groups in total. The first-order valence-electron chi connectivity index (χ1n) is 40.4. The van der Waals surface area contributed by atoms with Crippen molar-refractivity contribution < 1.29 is 40.5 Å². The van der Waals surface area contributed by atoms with Crippen LogP contribution < -0.4 is 4.74 Å². The zero-order valence-electron chi connectivity index (χ0n) is 73.1. The first-order chi connectivity index (χ1) is 64.3. The zero-order chi connectivity index (χ0) is 96.5. The molecule has 0 atom stereocenters. The molecule has 0 aliphatic rings. The smallest absolute Gasteiger partial charge is 0.151 e. The van der Waals surface area contributed by atoms with Gasteiger partial charge in [0, 0.05) is 106 Å². The highest BCUT2D eigenvalue weighted by Crippen LogP contribution is 2.36. The summed E-state index contributed by atoms with van der Waals surface area (Å²) in [6.07, 6.45) is 25.5. The Labute approximate surface area is 816 Å². The Morgan fingerprint density at radius 2 is 0.716 bits per heavy atom. The normalized spacial score (nSPS) is 11.0. The van der Waals surface area contributed by atoms with Gasteiger partial charge in [-0.1, -0.05) is 106 Å². The van der Waals surface area contributed by atoms with E-state index in [1.165, 1.54) is 0 Å². The van der Waals surface area contributed by atoms with Crippen molar-refractivity contribution in [2.45, 2.75) is 54.9 Å². The van der Waals surface area contributed by atoms with E-state index < -0.39 is 0 Å². The first kappa shape index (κ1) is 101. The van der Waals surface area contributed by atoms with Gasteiger partial charge in [0.2, 0.25) is 0 Å². The fourth-order valence-electron chi connectivity index (χ4n) is 12.2. The number of hydrogen-bond acceptors (Lipinski definition) is 20. The summed E-state index contributed by atoms with van der Waals surface area (Å²) in [7, 11) is 1.61. The molecule has 0 aliphatic carbocycles. The SMILES string of the molecule is C#Cc1cccc(N=Cc2cc(C)cc(Br)c2O)c1.C#Cc1cccc(N=Cc2cc(C)cc(Cl)c2O)c1.COc1cccc(N=Cc2cc(C)cc(Cl)c2O)c1.Cc1cc(Br)c(O)c(C=Nc2ccccn2)c1.Cc1cc(Cl)c(O)c(C=Nc2ccc(CC#N)cc2)c1.Cc1cc(Cl)c(O)c(C=Nc2ccc3n[nH]nc3c2)c1.Cc1cc(Cl)c(O)c(C=Nc2ccc3nc[nH]c3c2)c1. The molecule has 0 spiro atoms. The van der Waals surface area contributed by atoms with Crippen molar-refractivity contribution in [2.75, 3.05) is 7.11 Å². The van der Waals surface area contributed by atoms with E-state index in [9.17, 15) is 35.7 Å². The Bertz CT molecular complexity index is 6990. The summed E-state index contributed by atoms with van der Waals surface area (Å²) in [5, 5.41) is 89.8. The van der Waals surface area contributed by atoms with Gasteiger partial charge in [0.1, 0.15) is 57.0 Å². The molecule has 16 aromatic rings. The summed E-state index contributed by atoms with van der Waals surface area (Å²) in [5.74, 6) is 7.02. The quantitative estimate of drug-likeness (QED) is 0.0321. The minimum Gasteiger partial charge on any atom is -0.506 e. The van der Waals surface area contributed by atoms with Gasteiger partial charge in [0.05, 0.1) is 105 Å². The van der Waals surface area contributed by atoms with Crippen molar-refractivity contribution in [3.63, 3.8) is 0 Å². The predicted octanol–water partition coefficient (Wildman–Crippen LogP) is 27.5. The second-order valence-electron chi connectivity index (χ2n) is 29.5. The van der Waals surface area contributed by atoms with Gasteiger partial charge in [-0.15, -0.1) is 12.8 Å². The number of rotatable bonds is 16. The summed E-state index contributed by atoms with van der Waals surface area (Å²) in [6.45, 7) is 13.5. The molecule has 134 heavy (non-hydrogen) atoms. The lowest BCUT2D eigenvalue weighted by Gasteiger charge is -2.03. The van der Waals surface area contributed by atoms with Gasteiger partial charge in [-0.2, -0.15) is 20.7 Å². The molecule has 0 radical (unpaired) electrons. The van der Waals surface area contributed by atoms with E-state index in [4.69, 9.17) is 80.9 Å². The number of ether oxygens (including phenoxy) is 1. The maximum absolute atomic E-state index is 9.93. The van der Waals surface area contributed by atoms with Gasteiger partial charge in [-0.3, -0.25) is 30.0 Å². The lowest BCUT2D eigenvalue weighted by atomic mass is 10.1. The summed E-state index contributed by atoms with van der Waals surface area (Å²) >= 11 is 36.2. The van der Waals surface area contributed by atoms with Crippen LogP contribution in [0.3, 0.4) is 0 Å². The topological polar surface area (TPSA) is 344 Å². The third kappa shape index (κ3) is 30.5. The highest BCUT2D eigenvalue weighted by molar-refractivity contribution is 9.11. The highest BCUT2D eigenvalue weighted by atomic mass is 79.9. The Hall–Kier alpha value is -15.0. The van der Waals surface area contributed by atoms with Crippen molar-refractivity contribution in [2.24, 2.45) is 34.9 Å². The van der Waals surface area contributed by atoms with Gasteiger partial charge >= 0.3 is 0 Å². The third-order valence-electron chi connectivity index (χ3n) is 18.8. The number of nitrogens with one attached hydrogen (secondary N) is 2. The number of aromatic hydroxyl groups is 7. The minimum absolute atomic E-state index is 0.0297. The second kappa shape index (κ2) is 49.8. The number of nitriles is 1. The van der Waals surface area contributed by atoms with E-state index in [-0.39, 0.29) is 40.2 Å². The Balaban J connectivity index is 0.000000162. The van der Waals surface area contributed by atoms with Crippen LogP contribution >= 0.6 is 89.9 Å². The standard InChI is InChI=1S/C16H12BrNO.C16H13ClN2O.C16H12ClNO.C15H12ClN3O.C15H14ClNO2.C14H11ClN4O.C13H11BrN2O/c1-3-12-5-4-6-14(9-12)18-10-13-7-11(2)8-15(17)16(13)19;1-11-8-13(16(20)15(17)9-11)10-19-14-4-2-12(3-5-14)6-7-18;1-3-12-5-4-6-14(9-12)18-10-13-7-11(2)8-15(17)16(13)19;1-9-4-10(15(20)12(16)5-9)7-17-11-2-3-13-14(6-11)19-8-18-13;1-10-6-11(15(18)14(16)7-10)9-17-12-4-3-5-13(8-12)19-2;1-8-4-9(14(20)11(15)5-8)7-16-10-2-3-12-13(6-10)18-19-17-12;1-9-6-10(13(17)11(14)7-9)8-16-12-4-2-3-5-15-12/h1,4-10,19H,2H3;2-5,8-10,20H,6H2,1H3;1,4-10,19H,2H3;2-8,20H,1H3,(H,18,19);3-9,18H,1-2H3;2-7,20H,1H3,(H,17,18,19);2-8,17H,1H3. The molecule has 22 nitrogen and oxygen atoms in total. The number of nitrogens with zero attached hydrogens (tertiary/aromatic N) is 12. The van der Waals surface area contributed by atoms with E-state index in [2.05, 4.69) is 115 Å². The van der Waals surface area contributed by atoms with E-state index in [0.717, 1.165) is 118 Å². The molecule has 0 saturated carbocycles. The number of aryl methyl sites for hydroxylation is 7. The van der Waals surface area contributed by atoms with Gasteiger partial charge < -0.3 is 45.5 Å². The average Bonchev–Trinajstić information content (AvgIpc) is 1.67. The van der Waals surface area contributed by atoms with E-state index in [0.29, 0.717) is 85.2 Å². The van der Waals surface area contributed by atoms with Gasteiger partial charge in [-0.05, 0) is 319 Å². The number of phenolic OH excluding ortho intramolecular Hbond substituents is 7. The summed E-state index contributed by atoms with van der Waals surface area (Å²) in [4.78, 5) is 41.4. The molecule has 29 heteroatoms. The minimum atomic E-state index is 0.0297. The molecule has 0 fully saturated rings. The molecule has 3 aromatic heterocycles. The predicted molar refractivity (Wildman–Crippen MR) is 553 cm³/mol. The number of benzene rings is 13. The monoisotopic (exact) mass is 2000 g/mol. The van der Waals surface area contributed by atoms with Crippen LogP contribution in [0.25, 0.3) is 22.1 Å². The van der Waals surface area contributed by atoms with Crippen molar-refractivity contribution in [1.82, 2.24) is 30.4 Å². The fraction of sp³-hybridized carbons (Fsp3) is 0.0857. The molecule has 672 valence electrons. The number of halogens is 7. The number of methoxy groups -OCH3 is 1. The van der Waals surface area contributed by atoms with E-state index in [1.807, 2.05) is 243 Å². The van der Waals surface area contributed by atoms with Crippen LogP contribution in [-0.4, -0.2) is 117 Å². The number of aromatic nitrogens is 6. The number of fused-ring (bicyclic) bond motifs is 2. The lowest BCUT2D eigenvalue weighted by molar-refractivity contribution is 0.415. The van der Waals surface area contributed by atoms with Crippen LogP contribution in [0.15, 0.2) is 293 Å². The molecule has 3 heterocycles. The summed E-state index contributed by atoms with van der Waals surface area (Å²) < 4.78 is 6.45. The van der Waals surface area contributed by atoms with Crippen LogP contribution in [0.2, 0.25) is 25.1 Å². The lowest BCUT2D eigenvalue weighted by Crippen LogP contribution is -1.86. The Morgan fingerprint density at radius 3 is 1.11 bits per heavy atom. The van der Waals surface area contributed by atoms with Gasteiger partial charge in [-0.25, -0.2) is 15.0 Å². The van der Waals surface area contributed by atoms with Gasteiger partial charge in [0.25, 0.3) is 0 Å². The van der Waals surface area contributed by atoms with Crippen molar-refractivity contribution in [1.29, 1.82) is 5.26 Å². The second-order valence-corrected chi connectivity index (χ2v) is 33.2. The highest BCUT2D eigenvalue weighted by Gasteiger charge is 2.13. The average molecular weight is 2010 g/mol. The third-order valence-corrected chi connectivity index (χ3v) is 21.4. The van der Waals surface area contributed by atoms with Gasteiger partial charge in [0.15, 0.2) is 5.82 Å². The van der Waals surface area contributed by atoms with Crippen molar-refractivity contribution >= 4 is 195 Å². The van der Waals surface area contributed by atoms with Crippen molar-refractivity contribution in [3.05, 3.63) is 378 Å². The maximum Gasteiger partial charge on any atom is 0.151 e. The fourth-order valence-corrected chi connectivity index (χ4v) is 14.8. The molecule has 13 aromatic carbocycles. The summed E-state index contributed by atoms with van der Waals surface area (Å²) in [5.41, 5.74) is 21.5. The maximum atomic E-state index is 9.93. The molecular formula is C105H85Br2Cl5N14O8. The number of terminal acetylenes is 2. The van der Waals surface area contributed by atoms with E-state index >= 15 is 0 Å². The van der Waals surface area contributed by atoms with Crippen molar-refractivity contribution in [3.8, 4) is 76.8 Å². The van der Waals surface area contributed by atoms with Crippen LogP contribution in [0.1, 0.15) is 94.6 Å². The molecule has 0 amide bonds. The van der Waals surface area contributed by atoms with E-state index in [1.54, 1.807) is 106 Å². The number of aliphatic imine (C=N–C) groups is 7. The van der Waals surface area contributed by atoms with Crippen LogP contribution in [0, 0.1) is 84.5 Å². The zero-order valence-corrected chi connectivity index (χ0v) is 80.1.